The second-order valence-electron chi connectivity index (χ2n) is 3.06. The number of thiophene rings is 1. The summed E-state index contributed by atoms with van der Waals surface area (Å²) in [4.78, 5) is 11.9. The first-order valence-electron chi connectivity index (χ1n) is 4.14. The van der Waals surface area contributed by atoms with Crippen LogP contribution < -0.4 is 0 Å². The Morgan fingerprint density at radius 3 is 2.86 bits per heavy atom. The molecule has 0 aliphatic carbocycles. The number of carbonyl (C=O) groups is 1. The summed E-state index contributed by atoms with van der Waals surface area (Å²) in [6, 6.07) is 7.59. The van der Waals surface area contributed by atoms with E-state index in [1.807, 2.05) is 19.1 Å². The van der Waals surface area contributed by atoms with Crippen molar-refractivity contribution >= 4 is 27.7 Å². The van der Waals surface area contributed by atoms with E-state index in [2.05, 4.69) is 0 Å². The summed E-state index contributed by atoms with van der Waals surface area (Å²) >= 11 is 1.63. The second-order valence-corrected chi connectivity index (χ2v) is 4.35. The highest BCUT2D eigenvalue weighted by Crippen LogP contribution is 2.27. The Hall–Kier alpha value is -1.66. The van der Waals surface area contributed by atoms with Crippen LogP contribution in [-0.2, 0) is 0 Å². The van der Waals surface area contributed by atoms with E-state index in [0.29, 0.717) is 11.1 Å². The largest absolute Gasteiger partial charge is 0.298 e. The molecule has 1 heterocycles. The zero-order valence-electron chi connectivity index (χ0n) is 7.57. The normalized spacial score (nSPS) is 10.0. The van der Waals surface area contributed by atoms with E-state index >= 15 is 0 Å². The highest BCUT2D eigenvalue weighted by molar-refractivity contribution is 7.19. The third-order valence-electron chi connectivity index (χ3n) is 2.06. The molecule has 0 aliphatic rings. The summed E-state index contributed by atoms with van der Waals surface area (Å²) in [5.41, 5.74) is 0.923. The first kappa shape index (κ1) is 8.92. The molecule has 2 aromatic rings. The maximum absolute atomic E-state index is 10.7. The minimum absolute atomic E-state index is 0.449. The average molecular weight is 201 g/mol. The van der Waals surface area contributed by atoms with Crippen molar-refractivity contribution in [1.29, 1.82) is 5.26 Å². The van der Waals surface area contributed by atoms with Gasteiger partial charge in [-0.1, -0.05) is 0 Å². The van der Waals surface area contributed by atoms with Crippen LogP contribution in [0, 0.1) is 18.3 Å². The molecular formula is C11H7NOS. The third-order valence-corrected chi connectivity index (χ3v) is 3.07. The molecule has 14 heavy (non-hydrogen) atoms. The van der Waals surface area contributed by atoms with E-state index in [9.17, 15) is 4.79 Å². The minimum Gasteiger partial charge on any atom is -0.298 e. The third kappa shape index (κ3) is 1.30. The van der Waals surface area contributed by atoms with Crippen LogP contribution in [0.1, 0.15) is 20.8 Å². The predicted molar refractivity (Wildman–Crippen MR) is 56.7 cm³/mol. The van der Waals surface area contributed by atoms with Crippen molar-refractivity contribution in [2.24, 2.45) is 0 Å². The molecule has 1 aromatic heterocycles. The van der Waals surface area contributed by atoms with Gasteiger partial charge in [0, 0.05) is 15.1 Å². The minimum atomic E-state index is 0.449. The fraction of sp³-hybridized carbons (Fsp3) is 0.0909. The predicted octanol–water partition coefficient (Wildman–Crippen LogP) is 2.89. The van der Waals surface area contributed by atoms with Crippen molar-refractivity contribution in [3.63, 3.8) is 0 Å². The Balaban J connectivity index is 2.82. The van der Waals surface area contributed by atoms with Gasteiger partial charge < -0.3 is 0 Å². The van der Waals surface area contributed by atoms with Crippen LogP contribution in [0.15, 0.2) is 18.2 Å². The van der Waals surface area contributed by atoms with Gasteiger partial charge in [0.15, 0.2) is 6.29 Å². The van der Waals surface area contributed by atoms with Crippen molar-refractivity contribution < 1.29 is 4.79 Å². The van der Waals surface area contributed by atoms with Gasteiger partial charge in [-0.2, -0.15) is 5.26 Å². The van der Waals surface area contributed by atoms with Gasteiger partial charge in [0.25, 0.3) is 0 Å². The van der Waals surface area contributed by atoms with Crippen molar-refractivity contribution in [1.82, 2.24) is 0 Å². The van der Waals surface area contributed by atoms with E-state index in [4.69, 9.17) is 5.26 Å². The Bertz CT molecular complexity index is 548. The van der Waals surface area contributed by atoms with Gasteiger partial charge in [0.1, 0.15) is 0 Å². The lowest BCUT2D eigenvalue weighted by Gasteiger charge is -1.94. The summed E-state index contributed by atoms with van der Waals surface area (Å²) in [6.07, 6.45) is 0.729. The van der Waals surface area contributed by atoms with Gasteiger partial charge in [-0.15, -0.1) is 11.3 Å². The molecule has 0 fully saturated rings. The number of hydrogen-bond acceptors (Lipinski definition) is 3. The van der Waals surface area contributed by atoms with Crippen molar-refractivity contribution in [2.45, 2.75) is 6.92 Å². The van der Waals surface area contributed by atoms with Crippen LogP contribution in [0.5, 0.6) is 0 Å². The van der Waals surface area contributed by atoms with Crippen LogP contribution in [0.25, 0.3) is 10.1 Å². The smallest absolute Gasteiger partial charge is 0.151 e. The van der Waals surface area contributed by atoms with Gasteiger partial charge in [0.05, 0.1) is 11.6 Å². The topological polar surface area (TPSA) is 40.9 Å². The van der Waals surface area contributed by atoms with Gasteiger partial charge in [-0.25, -0.2) is 0 Å². The number of nitriles is 1. The zero-order valence-corrected chi connectivity index (χ0v) is 8.39. The number of fused-ring (bicyclic) bond motifs is 1. The first-order valence-corrected chi connectivity index (χ1v) is 4.95. The molecule has 3 heteroatoms. The van der Waals surface area contributed by atoms with Gasteiger partial charge >= 0.3 is 0 Å². The summed E-state index contributed by atoms with van der Waals surface area (Å²) in [7, 11) is 0. The molecule has 2 rings (SSSR count). The summed E-state index contributed by atoms with van der Waals surface area (Å²) in [5, 5.41) is 9.85. The van der Waals surface area contributed by atoms with Gasteiger partial charge in [-0.3, -0.25) is 4.79 Å². The van der Waals surface area contributed by atoms with Gasteiger partial charge in [0.2, 0.25) is 0 Å². The fourth-order valence-electron chi connectivity index (χ4n) is 1.43. The Labute approximate surface area is 85.4 Å². The van der Waals surface area contributed by atoms with Crippen LogP contribution in [0.2, 0.25) is 0 Å². The Kier molecular flexibility index (Phi) is 2.06. The monoisotopic (exact) mass is 201 g/mol. The highest BCUT2D eigenvalue weighted by Gasteiger charge is 2.05. The van der Waals surface area contributed by atoms with E-state index in [1.165, 1.54) is 4.88 Å². The first-order chi connectivity index (χ1) is 6.74. The Morgan fingerprint density at radius 2 is 2.21 bits per heavy atom. The average Bonchev–Trinajstić information content (AvgIpc) is 2.54. The van der Waals surface area contributed by atoms with E-state index in [0.717, 1.165) is 16.4 Å². The molecule has 0 spiro atoms. The van der Waals surface area contributed by atoms with E-state index in [-0.39, 0.29) is 0 Å². The molecule has 0 unspecified atom stereocenters. The molecule has 2 nitrogen and oxygen atoms in total. The zero-order chi connectivity index (χ0) is 10.1. The molecule has 0 saturated carbocycles. The fourth-order valence-corrected chi connectivity index (χ4v) is 2.38. The Morgan fingerprint density at radius 1 is 1.43 bits per heavy atom. The molecule has 68 valence electrons. The summed E-state index contributed by atoms with van der Waals surface area (Å²) < 4.78 is 1.06. The molecule has 0 saturated heterocycles. The molecule has 1 aromatic carbocycles. The van der Waals surface area contributed by atoms with E-state index in [1.54, 1.807) is 23.5 Å². The number of aldehydes is 1. The number of carbonyl (C=O) groups excluding carboxylic acids is 1. The molecule has 0 radical (unpaired) electrons. The standard InChI is InChI=1S/C11H7NOS/c1-7-2-8-3-9(5-12)10(6-13)4-11(8)14-7/h2-4,6H,1H3. The summed E-state index contributed by atoms with van der Waals surface area (Å²) in [6.45, 7) is 2.01. The highest BCUT2D eigenvalue weighted by atomic mass is 32.1. The molecule has 0 atom stereocenters. The number of hydrogen-bond donors (Lipinski definition) is 0. The number of rotatable bonds is 1. The van der Waals surface area contributed by atoms with E-state index < -0.39 is 0 Å². The van der Waals surface area contributed by atoms with Crippen LogP contribution in [0.4, 0.5) is 0 Å². The van der Waals surface area contributed by atoms with Crippen LogP contribution in [0.3, 0.4) is 0 Å². The molecular weight excluding hydrogens is 194 g/mol. The number of aryl methyl sites for hydroxylation is 1. The lowest BCUT2D eigenvalue weighted by Crippen LogP contribution is -1.85. The lowest BCUT2D eigenvalue weighted by atomic mass is 10.1. The maximum Gasteiger partial charge on any atom is 0.151 e. The van der Waals surface area contributed by atoms with Crippen molar-refractivity contribution in [2.75, 3.05) is 0 Å². The van der Waals surface area contributed by atoms with Crippen molar-refractivity contribution in [3.8, 4) is 6.07 Å². The summed E-state index contributed by atoms with van der Waals surface area (Å²) in [5.74, 6) is 0. The van der Waals surface area contributed by atoms with Crippen molar-refractivity contribution in [3.05, 3.63) is 34.2 Å². The number of benzene rings is 1. The molecule has 0 aliphatic heterocycles. The quantitative estimate of drug-likeness (QED) is 0.665. The SMILES string of the molecule is Cc1cc2cc(C#N)c(C=O)cc2s1. The lowest BCUT2D eigenvalue weighted by molar-refractivity contribution is 0.112. The molecule has 0 amide bonds. The second kappa shape index (κ2) is 3.24. The molecule has 0 N–H and O–H groups in total. The maximum atomic E-state index is 10.7. The van der Waals surface area contributed by atoms with Gasteiger partial charge in [-0.05, 0) is 30.5 Å². The number of nitrogens with zero attached hydrogens (tertiary/aromatic N) is 1. The molecule has 0 bridgehead atoms. The van der Waals surface area contributed by atoms with Crippen LogP contribution >= 0.6 is 11.3 Å². The van der Waals surface area contributed by atoms with Crippen LogP contribution in [-0.4, -0.2) is 6.29 Å².